The minimum atomic E-state index is -2.96. The Morgan fingerprint density at radius 3 is 2.57 bits per heavy atom. The molecule has 5 heteroatoms. The number of carbonyl (C=O) groups is 1. The standard InChI is InChI=1S/C9H14ClF2NO/c1-6(9(2,11)12)8(14)13-4-3-7(10)5-13/h6-7H,3-5H2,1-2H3. The number of amides is 1. The van der Waals surface area contributed by atoms with Crippen LogP contribution in [-0.2, 0) is 4.79 Å². The van der Waals surface area contributed by atoms with Gasteiger partial charge in [0, 0.05) is 20.0 Å². The summed E-state index contributed by atoms with van der Waals surface area (Å²) in [6.45, 7) is 2.90. The normalized spacial score (nSPS) is 25.2. The third-order valence-electron chi connectivity index (χ3n) is 2.57. The van der Waals surface area contributed by atoms with E-state index < -0.39 is 17.7 Å². The van der Waals surface area contributed by atoms with E-state index in [1.165, 1.54) is 11.8 Å². The number of likely N-dealkylation sites (tertiary alicyclic amines) is 1. The van der Waals surface area contributed by atoms with E-state index in [4.69, 9.17) is 11.6 Å². The Kier molecular flexibility index (Phi) is 3.35. The summed E-state index contributed by atoms with van der Waals surface area (Å²) >= 11 is 5.79. The summed E-state index contributed by atoms with van der Waals surface area (Å²) in [5.74, 6) is -4.72. The van der Waals surface area contributed by atoms with Crippen LogP contribution >= 0.6 is 11.6 Å². The van der Waals surface area contributed by atoms with Crippen LogP contribution in [0.15, 0.2) is 0 Å². The van der Waals surface area contributed by atoms with Crippen molar-refractivity contribution in [2.75, 3.05) is 13.1 Å². The molecule has 2 atom stereocenters. The van der Waals surface area contributed by atoms with Crippen molar-refractivity contribution < 1.29 is 13.6 Å². The van der Waals surface area contributed by atoms with Crippen molar-refractivity contribution in [2.45, 2.75) is 31.6 Å². The van der Waals surface area contributed by atoms with Gasteiger partial charge in [0.2, 0.25) is 5.91 Å². The van der Waals surface area contributed by atoms with Gasteiger partial charge in [0.25, 0.3) is 5.92 Å². The summed E-state index contributed by atoms with van der Waals surface area (Å²) < 4.78 is 25.7. The molecule has 0 aromatic heterocycles. The molecular weight excluding hydrogens is 212 g/mol. The topological polar surface area (TPSA) is 20.3 Å². The highest BCUT2D eigenvalue weighted by atomic mass is 35.5. The lowest BCUT2D eigenvalue weighted by Gasteiger charge is -2.24. The van der Waals surface area contributed by atoms with Crippen molar-refractivity contribution in [1.29, 1.82) is 0 Å². The Bertz CT molecular complexity index is 229. The first kappa shape index (κ1) is 11.7. The second-order valence-electron chi connectivity index (χ2n) is 3.85. The van der Waals surface area contributed by atoms with Crippen LogP contribution in [0.2, 0.25) is 0 Å². The zero-order valence-electron chi connectivity index (χ0n) is 8.27. The second-order valence-corrected chi connectivity index (χ2v) is 4.47. The van der Waals surface area contributed by atoms with Gasteiger partial charge >= 0.3 is 0 Å². The highest BCUT2D eigenvalue weighted by Gasteiger charge is 2.39. The zero-order valence-corrected chi connectivity index (χ0v) is 9.02. The maximum atomic E-state index is 12.8. The van der Waals surface area contributed by atoms with Gasteiger partial charge in [-0.15, -0.1) is 11.6 Å². The highest BCUT2D eigenvalue weighted by molar-refractivity contribution is 6.21. The molecule has 1 amide bonds. The molecular formula is C9H14ClF2NO. The zero-order chi connectivity index (χ0) is 10.9. The van der Waals surface area contributed by atoms with Gasteiger partial charge in [-0.2, -0.15) is 0 Å². The van der Waals surface area contributed by atoms with Crippen molar-refractivity contribution in [3.63, 3.8) is 0 Å². The van der Waals surface area contributed by atoms with E-state index in [-0.39, 0.29) is 5.38 Å². The molecule has 0 aromatic carbocycles. The fourth-order valence-corrected chi connectivity index (χ4v) is 1.67. The lowest BCUT2D eigenvalue weighted by atomic mass is 10.0. The van der Waals surface area contributed by atoms with Crippen molar-refractivity contribution in [2.24, 2.45) is 5.92 Å². The molecule has 1 heterocycles. The molecule has 1 fully saturated rings. The molecule has 1 saturated heterocycles. The molecule has 1 aliphatic rings. The van der Waals surface area contributed by atoms with Crippen molar-refractivity contribution >= 4 is 17.5 Å². The number of alkyl halides is 3. The monoisotopic (exact) mass is 225 g/mol. The van der Waals surface area contributed by atoms with Crippen LogP contribution in [0.4, 0.5) is 8.78 Å². The van der Waals surface area contributed by atoms with Gasteiger partial charge in [-0.3, -0.25) is 4.79 Å². The molecule has 1 aliphatic heterocycles. The third kappa shape index (κ3) is 2.56. The van der Waals surface area contributed by atoms with E-state index in [0.717, 1.165) is 6.92 Å². The fraction of sp³-hybridized carbons (Fsp3) is 0.889. The molecule has 1 rings (SSSR count). The Hall–Kier alpha value is -0.380. The summed E-state index contributed by atoms with van der Waals surface area (Å²) in [5.41, 5.74) is 0. The predicted octanol–water partition coefficient (Wildman–Crippen LogP) is 2.12. The Labute approximate surface area is 87.2 Å². The van der Waals surface area contributed by atoms with E-state index in [1.807, 2.05) is 0 Å². The maximum absolute atomic E-state index is 12.8. The molecule has 2 unspecified atom stereocenters. The van der Waals surface area contributed by atoms with Gasteiger partial charge in [-0.1, -0.05) is 0 Å². The number of hydrogen-bond acceptors (Lipinski definition) is 1. The van der Waals surface area contributed by atoms with Crippen LogP contribution in [0.1, 0.15) is 20.3 Å². The average molecular weight is 226 g/mol. The molecule has 0 spiro atoms. The van der Waals surface area contributed by atoms with Gasteiger partial charge in [0.05, 0.1) is 11.3 Å². The smallest absolute Gasteiger partial charge is 0.256 e. The summed E-state index contributed by atoms with van der Waals surface area (Å²) in [7, 11) is 0. The molecule has 0 N–H and O–H groups in total. The largest absolute Gasteiger partial charge is 0.341 e. The molecule has 0 saturated carbocycles. The van der Waals surface area contributed by atoms with Crippen LogP contribution in [0.25, 0.3) is 0 Å². The van der Waals surface area contributed by atoms with Gasteiger partial charge in [-0.25, -0.2) is 8.78 Å². The Balaban J connectivity index is 2.57. The predicted molar refractivity (Wildman–Crippen MR) is 50.6 cm³/mol. The lowest BCUT2D eigenvalue weighted by Crippen LogP contribution is -2.40. The first-order chi connectivity index (χ1) is 6.32. The molecule has 14 heavy (non-hydrogen) atoms. The quantitative estimate of drug-likeness (QED) is 0.660. The summed E-state index contributed by atoms with van der Waals surface area (Å²) in [5, 5.41) is -0.0865. The number of nitrogens with zero attached hydrogens (tertiary/aromatic N) is 1. The van der Waals surface area contributed by atoms with E-state index in [0.29, 0.717) is 19.5 Å². The number of halogens is 3. The Morgan fingerprint density at radius 1 is 1.64 bits per heavy atom. The van der Waals surface area contributed by atoms with Crippen LogP contribution in [0, 0.1) is 5.92 Å². The first-order valence-corrected chi connectivity index (χ1v) is 5.06. The molecule has 0 radical (unpaired) electrons. The SMILES string of the molecule is CC(C(=O)N1CCC(Cl)C1)C(C)(F)F. The van der Waals surface area contributed by atoms with Crippen molar-refractivity contribution in [3.05, 3.63) is 0 Å². The summed E-state index contributed by atoms with van der Waals surface area (Å²) in [6, 6.07) is 0. The number of rotatable bonds is 2. The van der Waals surface area contributed by atoms with E-state index in [1.54, 1.807) is 0 Å². The van der Waals surface area contributed by atoms with Gasteiger partial charge in [0.1, 0.15) is 0 Å². The average Bonchev–Trinajstić information content (AvgIpc) is 2.47. The highest BCUT2D eigenvalue weighted by Crippen LogP contribution is 2.27. The van der Waals surface area contributed by atoms with Gasteiger partial charge in [-0.05, 0) is 13.3 Å². The lowest BCUT2D eigenvalue weighted by molar-refractivity contribution is -0.145. The van der Waals surface area contributed by atoms with Crippen LogP contribution in [0.3, 0.4) is 0 Å². The summed E-state index contributed by atoms with van der Waals surface area (Å²) in [4.78, 5) is 12.9. The van der Waals surface area contributed by atoms with Gasteiger partial charge < -0.3 is 4.90 Å². The third-order valence-corrected chi connectivity index (χ3v) is 2.93. The summed E-state index contributed by atoms with van der Waals surface area (Å²) in [6.07, 6.45) is 0.690. The maximum Gasteiger partial charge on any atom is 0.256 e. The number of hydrogen-bond donors (Lipinski definition) is 0. The van der Waals surface area contributed by atoms with Crippen molar-refractivity contribution in [3.8, 4) is 0 Å². The minimum Gasteiger partial charge on any atom is -0.341 e. The molecule has 0 bridgehead atoms. The first-order valence-electron chi connectivity index (χ1n) is 4.63. The Morgan fingerprint density at radius 2 is 2.21 bits per heavy atom. The minimum absolute atomic E-state index is 0.0865. The molecule has 82 valence electrons. The molecule has 0 aliphatic carbocycles. The van der Waals surface area contributed by atoms with E-state index >= 15 is 0 Å². The van der Waals surface area contributed by atoms with Crippen molar-refractivity contribution in [1.82, 2.24) is 4.90 Å². The number of carbonyl (C=O) groups excluding carboxylic acids is 1. The fourth-order valence-electron chi connectivity index (χ4n) is 1.41. The molecule has 2 nitrogen and oxygen atoms in total. The van der Waals surface area contributed by atoms with Crippen LogP contribution < -0.4 is 0 Å². The van der Waals surface area contributed by atoms with E-state index in [2.05, 4.69) is 0 Å². The second kappa shape index (κ2) is 4.01. The van der Waals surface area contributed by atoms with Crippen LogP contribution in [-0.4, -0.2) is 35.2 Å². The molecule has 0 aromatic rings. The van der Waals surface area contributed by atoms with Crippen LogP contribution in [0.5, 0.6) is 0 Å². The van der Waals surface area contributed by atoms with Gasteiger partial charge in [0.15, 0.2) is 0 Å². The van der Waals surface area contributed by atoms with E-state index in [9.17, 15) is 13.6 Å².